The van der Waals surface area contributed by atoms with Crippen LogP contribution >= 0.6 is 31.9 Å². The van der Waals surface area contributed by atoms with Gasteiger partial charge in [0, 0.05) is 14.9 Å². The standard InChI is InChI=1S/C13H18Br2O/c1-4-5-6-11(14)10-8-12(15)9(2)7-13(10)16-3/h7-8,11H,4-6H2,1-3H3. The van der Waals surface area contributed by atoms with Gasteiger partial charge in [0.05, 0.1) is 7.11 Å². The predicted molar refractivity (Wildman–Crippen MR) is 76.6 cm³/mol. The molecular formula is C13H18Br2O. The molecule has 0 N–H and O–H groups in total. The molecule has 0 saturated carbocycles. The Morgan fingerprint density at radius 2 is 2.06 bits per heavy atom. The van der Waals surface area contributed by atoms with Crippen LogP contribution in [0, 0.1) is 6.92 Å². The molecule has 0 radical (unpaired) electrons. The molecule has 1 atom stereocenters. The minimum atomic E-state index is 0.374. The molecule has 1 nitrogen and oxygen atoms in total. The van der Waals surface area contributed by atoms with Crippen LogP contribution in [-0.4, -0.2) is 7.11 Å². The zero-order chi connectivity index (χ0) is 12.1. The molecule has 0 aromatic heterocycles. The van der Waals surface area contributed by atoms with Crippen LogP contribution in [0.2, 0.25) is 0 Å². The lowest BCUT2D eigenvalue weighted by Crippen LogP contribution is -1.97. The Kier molecular flexibility index (Phi) is 5.84. The van der Waals surface area contributed by atoms with Gasteiger partial charge in [0.2, 0.25) is 0 Å². The molecule has 0 bridgehead atoms. The molecule has 0 saturated heterocycles. The van der Waals surface area contributed by atoms with Crippen LogP contribution in [0.4, 0.5) is 0 Å². The third-order valence-electron chi connectivity index (χ3n) is 2.66. The molecule has 0 spiro atoms. The van der Waals surface area contributed by atoms with Gasteiger partial charge in [-0.1, -0.05) is 51.6 Å². The molecule has 90 valence electrons. The van der Waals surface area contributed by atoms with Crippen molar-refractivity contribution in [2.75, 3.05) is 7.11 Å². The Hall–Kier alpha value is -0.0200. The Labute approximate surface area is 115 Å². The van der Waals surface area contributed by atoms with E-state index < -0.39 is 0 Å². The summed E-state index contributed by atoms with van der Waals surface area (Å²) < 4.78 is 6.57. The summed E-state index contributed by atoms with van der Waals surface area (Å²) in [6.07, 6.45) is 3.59. The van der Waals surface area contributed by atoms with Gasteiger partial charge in [-0.2, -0.15) is 0 Å². The summed E-state index contributed by atoms with van der Waals surface area (Å²) in [5.74, 6) is 0.971. The van der Waals surface area contributed by atoms with Crippen LogP contribution < -0.4 is 4.74 Å². The van der Waals surface area contributed by atoms with Gasteiger partial charge in [0.1, 0.15) is 5.75 Å². The predicted octanol–water partition coefficient (Wildman–Crippen LogP) is 5.39. The summed E-state index contributed by atoms with van der Waals surface area (Å²) in [5.41, 5.74) is 2.43. The van der Waals surface area contributed by atoms with E-state index in [1.54, 1.807) is 7.11 Å². The van der Waals surface area contributed by atoms with Crippen molar-refractivity contribution in [2.24, 2.45) is 0 Å². The van der Waals surface area contributed by atoms with E-state index in [2.05, 4.69) is 57.8 Å². The molecule has 1 unspecified atom stereocenters. The molecule has 1 aromatic rings. The Bertz CT molecular complexity index is 350. The quantitative estimate of drug-likeness (QED) is 0.647. The van der Waals surface area contributed by atoms with Gasteiger partial charge in [-0.15, -0.1) is 0 Å². The third-order valence-corrected chi connectivity index (χ3v) is 4.46. The van der Waals surface area contributed by atoms with Crippen LogP contribution in [0.1, 0.15) is 42.1 Å². The van der Waals surface area contributed by atoms with Crippen molar-refractivity contribution in [1.82, 2.24) is 0 Å². The van der Waals surface area contributed by atoms with Gasteiger partial charge in [0.25, 0.3) is 0 Å². The molecule has 1 rings (SSSR count). The average Bonchev–Trinajstić information content (AvgIpc) is 2.28. The van der Waals surface area contributed by atoms with Gasteiger partial charge >= 0.3 is 0 Å². The number of hydrogen-bond acceptors (Lipinski definition) is 1. The van der Waals surface area contributed by atoms with E-state index in [1.165, 1.54) is 24.0 Å². The highest BCUT2D eigenvalue weighted by Gasteiger charge is 2.14. The summed E-state index contributed by atoms with van der Waals surface area (Å²) in [6.45, 7) is 4.29. The zero-order valence-corrected chi connectivity index (χ0v) is 13.2. The topological polar surface area (TPSA) is 9.23 Å². The summed E-state index contributed by atoms with van der Waals surface area (Å²) >= 11 is 7.31. The van der Waals surface area contributed by atoms with E-state index in [0.29, 0.717) is 4.83 Å². The maximum atomic E-state index is 5.43. The number of ether oxygens (including phenoxy) is 1. The fraction of sp³-hybridized carbons (Fsp3) is 0.538. The first-order valence-corrected chi connectivity index (χ1v) is 7.29. The zero-order valence-electron chi connectivity index (χ0n) is 10.0. The number of alkyl halides is 1. The van der Waals surface area contributed by atoms with Crippen LogP contribution in [-0.2, 0) is 0 Å². The fourth-order valence-electron chi connectivity index (χ4n) is 1.63. The molecule has 0 heterocycles. The molecular weight excluding hydrogens is 332 g/mol. The number of halogens is 2. The lowest BCUT2D eigenvalue weighted by molar-refractivity contribution is 0.408. The molecule has 0 fully saturated rings. The maximum absolute atomic E-state index is 5.43. The van der Waals surface area contributed by atoms with Gasteiger partial charge in [0.15, 0.2) is 0 Å². The van der Waals surface area contributed by atoms with Crippen molar-refractivity contribution >= 4 is 31.9 Å². The Balaban J connectivity index is 2.96. The molecule has 0 amide bonds. The highest BCUT2D eigenvalue weighted by molar-refractivity contribution is 9.10. The largest absolute Gasteiger partial charge is 0.496 e. The lowest BCUT2D eigenvalue weighted by atomic mass is 10.0. The lowest BCUT2D eigenvalue weighted by Gasteiger charge is -2.15. The number of unbranched alkanes of at least 4 members (excludes halogenated alkanes) is 1. The Morgan fingerprint density at radius 1 is 1.38 bits per heavy atom. The summed E-state index contributed by atoms with van der Waals surface area (Å²) in [6, 6.07) is 4.24. The fourth-order valence-corrected chi connectivity index (χ4v) is 2.67. The minimum Gasteiger partial charge on any atom is -0.496 e. The molecule has 0 aliphatic rings. The van der Waals surface area contributed by atoms with Crippen molar-refractivity contribution in [3.05, 3.63) is 27.7 Å². The molecule has 16 heavy (non-hydrogen) atoms. The van der Waals surface area contributed by atoms with E-state index >= 15 is 0 Å². The second-order valence-electron chi connectivity index (χ2n) is 3.95. The first-order chi connectivity index (χ1) is 7.60. The SMILES string of the molecule is CCCCC(Br)c1cc(Br)c(C)cc1OC. The van der Waals surface area contributed by atoms with E-state index in [1.807, 2.05) is 0 Å². The molecule has 1 aromatic carbocycles. The number of methoxy groups -OCH3 is 1. The van der Waals surface area contributed by atoms with Gasteiger partial charge in [-0.05, 0) is 31.0 Å². The van der Waals surface area contributed by atoms with Gasteiger partial charge in [-0.25, -0.2) is 0 Å². The smallest absolute Gasteiger partial charge is 0.123 e. The third kappa shape index (κ3) is 3.49. The van der Waals surface area contributed by atoms with Gasteiger partial charge in [-0.3, -0.25) is 0 Å². The van der Waals surface area contributed by atoms with Crippen LogP contribution in [0.5, 0.6) is 5.75 Å². The number of aryl methyl sites for hydroxylation is 1. The van der Waals surface area contributed by atoms with Crippen LogP contribution in [0.3, 0.4) is 0 Å². The van der Waals surface area contributed by atoms with E-state index in [-0.39, 0.29) is 0 Å². The van der Waals surface area contributed by atoms with Crippen molar-refractivity contribution < 1.29 is 4.74 Å². The van der Waals surface area contributed by atoms with E-state index in [4.69, 9.17) is 4.74 Å². The first kappa shape index (κ1) is 14.0. The normalized spacial score (nSPS) is 12.6. The average molecular weight is 350 g/mol. The number of benzene rings is 1. The monoisotopic (exact) mass is 348 g/mol. The first-order valence-electron chi connectivity index (χ1n) is 5.58. The highest BCUT2D eigenvalue weighted by atomic mass is 79.9. The maximum Gasteiger partial charge on any atom is 0.123 e. The molecule has 3 heteroatoms. The highest BCUT2D eigenvalue weighted by Crippen LogP contribution is 2.37. The van der Waals surface area contributed by atoms with Crippen molar-refractivity contribution in [1.29, 1.82) is 0 Å². The summed E-state index contributed by atoms with van der Waals surface area (Å²) in [5, 5.41) is 0. The second-order valence-corrected chi connectivity index (χ2v) is 5.91. The van der Waals surface area contributed by atoms with Crippen molar-refractivity contribution in [2.45, 2.75) is 37.9 Å². The molecule has 0 aliphatic carbocycles. The van der Waals surface area contributed by atoms with Crippen LogP contribution in [0.15, 0.2) is 16.6 Å². The molecule has 0 aliphatic heterocycles. The van der Waals surface area contributed by atoms with E-state index in [0.717, 1.165) is 16.6 Å². The van der Waals surface area contributed by atoms with Crippen molar-refractivity contribution in [3.63, 3.8) is 0 Å². The van der Waals surface area contributed by atoms with Gasteiger partial charge < -0.3 is 4.74 Å². The number of rotatable bonds is 5. The number of hydrogen-bond donors (Lipinski definition) is 0. The summed E-state index contributed by atoms with van der Waals surface area (Å²) in [4.78, 5) is 0.374. The van der Waals surface area contributed by atoms with Crippen LogP contribution in [0.25, 0.3) is 0 Å². The second kappa shape index (κ2) is 6.65. The van der Waals surface area contributed by atoms with Crippen molar-refractivity contribution in [3.8, 4) is 5.75 Å². The van der Waals surface area contributed by atoms with E-state index in [9.17, 15) is 0 Å². The summed E-state index contributed by atoms with van der Waals surface area (Å²) in [7, 11) is 1.73. The Morgan fingerprint density at radius 3 is 2.62 bits per heavy atom. The minimum absolute atomic E-state index is 0.374.